The van der Waals surface area contributed by atoms with E-state index < -0.39 is 0 Å². The predicted molar refractivity (Wildman–Crippen MR) is 125 cm³/mol. The normalized spacial score (nSPS) is 13.6. The van der Waals surface area contributed by atoms with Crippen molar-refractivity contribution in [2.24, 2.45) is 0 Å². The van der Waals surface area contributed by atoms with E-state index >= 15 is 0 Å². The van der Waals surface area contributed by atoms with Crippen LogP contribution in [0.2, 0.25) is 0 Å². The molecule has 1 amide bonds. The monoisotopic (exact) mass is 464 g/mol. The first-order chi connectivity index (χ1) is 16.1. The van der Waals surface area contributed by atoms with Crippen LogP contribution in [0.1, 0.15) is 37.1 Å². The van der Waals surface area contributed by atoms with Crippen LogP contribution in [0.15, 0.2) is 50.9 Å². The average molecular weight is 465 g/mol. The predicted octanol–water partition coefficient (Wildman–Crippen LogP) is 3.68. The van der Waals surface area contributed by atoms with Crippen LogP contribution in [-0.4, -0.2) is 36.1 Å². The van der Waals surface area contributed by atoms with Crippen LogP contribution in [0.5, 0.6) is 0 Å². The Bertz CT molecular complexity index is 1310. The highest BCUT2D eigenvalue weighted by Gasteiger charge is 2.27. The van der Waals surface area contributed by atoms with Crippen LogP contribution in [-0.2, 0) is 17.8 Å². The van der Waals surface area contributed by atoms with E-state index in [1.54, 1.807) is 13.0 Å². The lowest BCUT2D eigenvalue weighted by Gasteiger charge is -2.17. The van der Waals surface area contributed by atoms with Crippen molar-refractivity contribution in [3.8, 4) is 17.1 Å². The maximum atomic E-state index is 13.3. The van der Waals surface area contributed by atoms with Crippen molar-refractivity contribution >= 4 is 23.5 Å². The highest BCUT2D eigenvalue weighted by molar-refractivity contribution is 7.99. The average Bonchev–Trinajstić information content (AvgIpc) is 3.26. The molecule has 170 valence electrons. The van der Waals surface area contributed by atoms with Gasteiger partial charge in [0.1, 0.15) is 11.3 Å². The number of anilines is 1. The van der Waals surface area contributed by atoms with E-state index in [1.165, 1.54) is 16.4 Å². The first-order valence-corrected chi connectivity index (χ1v) is 12.0. The van der Waals surface area contributed by atoms with Crippen molar-refractivity contribution in [1.29, 1.82) is 0 Å². The van der Waals surface area contributed by atoms with Gasteiger partial charge in [-0.2, -0.15) is 4.68 Å². The van der Waals surface area contributed by atoms with Gasteiger partial charge < -0.3 is 14.4 Å². The van der Waals surface area contributed by atoms with Crippen molar-refractivity contribution in [3.63, 3.8) is 0 Å². The van der Waals surface area contributed by atoms with E-state index in [9.17, 15) is 9.59 Å². The topological polar surface area (TPSA) is 108 Å². The fourth-order valence-corrected chi connectivity index (χ4v) is 5.05. The molecule has 0 atom stereocenters. The molecule has 0 radical (unpaired) electrons. The molecular weight excluding hydrogens is 440 g/mol. The molecule has 1 aromatic heterocycles. The quantitative estimate of drug-likeness (QED) is 0.343. The lowest BCUT2D eigenvalue weighted by Crippen LogP contribution is -2.19. The molecule has 9 nitrogen and oxygen atoms in total. The van der Waals surface area contributed by atoms with Crippen LogP contribution in [0.4, 0.5) is 5.82 Å². The summed E-state index contributed by atoms with van der Waals surface area (Å²) in [4.78, 5) is 30.3. The van der Waals surface area contributed by atoms with Crippen molar-refractivity contribution in [2.45, 2.75) is 50.7 Å². The second kappa shape index (κ2) is 9.22. The number of aryl methyl sites for hydroxylation is 1. The number of thioether (sulfide) groups is 1. The third-order valence-corrected chi connectivity index (χ3v) is 6.60. The molecule has 0 unspecified atom stereocenters. The Morgan fingerprint density at radius 3 is 2.85 bits per heavy atom. The maximum absolute atomic E-state index is 13.3. The number of benzene rings is 1. The molecule has 1 N–H and O–H groups in total. The first kappa shape index (κ1) is 21.4. The number of carbonyl (C=O) groups is 1. The fourth-order valence-electron chi connectivity index (χ4n) is 4.07. The second-order valence-electron chi connectivity index (χ2n) is 8.02. The molecular formula is C23H24N6O3S. The number of nitrogens with one attached hydrogen (secondary N) is 1. The zero-order valence-electron chi connectivity index (χ0n) is 18.3. The molecule has 0 saturated carbocycles. The van der Waals surface area contributed by atoms with Gasteiger partial charge in [-0.05, 0) is 38.3 Å². The minimum absolute atomic E-state index is 0.131. The minimum Gasteiger partial charge on any atom is -0.360 e. The molecule has 3 aliphatic rings. The van der Waals surface area contributed by atoms with Gasteiger partial charge in [0.2, 0.25) is 5.91 Å². The largest absolute Gasteiger partial charge is 0.360 e. The number of carbonyl (C=O) groups excluding carboxylic acids is 1. The fraction of sp³-hybridized carbons (Fsp3) is 0.348. The molecule has 2 aromatic rings. The molecule has 4 heterocycles. The number of para-hydroxylation sites is 1. The highest BCUT2D eigenvalue weighted by Crippen LogP contribution is 2.30. The summed E-state index contributed by atoms with van der Waals surface area (Å²) < 4.78 is 8.57. The van der Waals surface area contributed by atoms with E-state index in [4.69, 9.17) is 9.51 Å². The van der Waals surface area contributed by atoms with E-state index in [1.807, 2.05) is 30.3 Å². The molecule has 1 aromatic carbocycles. The smallest absolute Gasteiger partial charge is 0.284 e. The molecule has 0 bridgehead atoms. The molecule has 3 aliphatic heterocycles. The van der Waals surface area contributed by atoms with Crippen molar-refractivity contribution in [1.82, 2.24) is 24.5 Å². The number of fused-ring (bicyclic) bond motifs is 3. The molecule has 0 saturated heterocycles. The first-order valence-electron chi connectivity index (χ1n) is 11.0. The molecule has 5 rings (SSSR count). The molecule has 33 heavy (non-hydrogen) atoms. The summed E-state index contributed by atoms with van der Waals surface area (Å²) in [5.74, 6) is 1.93. The Kier molecular flexibility index (Phi) is 5.99. The lowest BCUT2D eigenvalue weighted by molar-refractivity contribution is -0.115. The summed E-state index contributed by atoms with van der Waals surface area (Å²) >= 11 is 1.51. The van der Waals surface area contributed by atoms with E-state index in [0.29, 0.717) is 35.1 Å². The number of hydrogen-bond donors (Lipinski definition) is 1. The minimum atomic E-state index is -0.136. The van der Waals surface area contributed by atoms with Gasteiger partial charge >= 0.3 is 0 Å². The van der Waals surface area contributed by atoms with E-state index in [0.717, 1.165) is 48.8 Å². The number of amides is 1. The molecule has 0 fully saturated rings. The van der Waals surface area contributed by atoms with Gasteiger partial charge in [0, 0.05) is 30.5 Å². The summed E-state index contributed by atoms with van der Waals surface area (Å²) in [6.45, 7) is 2.58. The molecule has 10 heteroatoms. The zero-order valence-corrected chi connectivity index (χ0v) is 19.1. The van der Waals surface area contributed by atoms with Gasteiger partial charge in [0.25, 0.3) is 5.56 Å². The van der Waals surface area contributed by atoms with Crippen LogP contribution >= 0.6 is 11.8 Å². The second-order valence-corrected chi connectivity index (χ2v) is 9.09. The Morgan fingerprint density at radius 1 is 1.21 bits per heavy atom. The van der Waals surface area contributed by atoms with Gasteiger partial charge in [-0.25, -0.2) is 4.98 Å². The van der Waals surface area contributed by atoms with Crippen molar-refractivity contribution in [3.05, 3.63) is 58.2 Å². The third-order valence-electron chi connectivity index (χ3n) is 5.62. The number of hydrogen-bond acceptors (Lipinski definition) is 7. The number of rotatable bonds is 6. The molecule has 0 aliphatic carbocycles. The summed E-state index contributed by atoms with van der Waals surface area (Å²) in [5.41, 5.74) is 2.19. The Hall–Kier alpha value is -3.40. The number of nitrogens with zero attached hydrogens (tertiary/aromatic N) is 5. The summed E-state index contributed by atoms with van der Waals surface area (Å²) in [6.07, 6.45) is 4.28. The van der Waals surface area contributed by atoms with Crippen LogP contribution in [0.25, 0.3) is 17.1 Å². The Balaban J connectivity index is 1.42. The maximum Gasteiger partial charge on any atom is 0.284 e. The van der Waals surface area contributed by atoms with Crippen molar-refractivity contribution in [2.75, 3.05) is 11.1 Å². The summed E-state index contributed by atoms with van der Waals surface area (Å²) in [5, 5.41) is 11.9. The molecule has 0 spiro atoms. The van der Waals surface area contributed by atoms with E-state index in [-0.39, 0.29) is 11.5 Å². The van der Waals surface area contributed by atoms with Crippen LogP contribution < -0.4 is 10.9 Å². The lowest BCUT2D eigenvalue weighted by atomic mass is 10.1. The third kappa shape index (κ3) is 4.43. The summed E-state index contributed by atoms with van der Waals surface area (Å²) in [7, 11) is 0. The van der Waals surface area contributed by atoms with Crippen molar-refractivity contribution < 1.29 is 9.32 Å². The Labute approximate surface area is 194 Å². The van der Waals surface area contributed by atoms with Gasteiger partial charge in [0.05, 0.1) is 5.69 Å². The van der Waals surface area contributed by atoms with Gasteiger partial charge in [0.15, 0.2) is 16.8 Å². The summed E-state index contributed by atoms with van der Waals surface area (Å²) in [6, 6.07) is 11.1. The van der Waals surface area contributed by atoms with Crippen LogP contribution in [0.3, 0.4) is 0 Å². The standard InChI is InChI=1S/C23H24N6O3S/c1-15-14-18(27-32-15)24-19(30)11-13-33-23-25-21-20(17-10-6-3-7-12-28(17)23)22(31)29(26-21)16-8-4-2-5-9-16/h2,4-5,8-9,14H,3,6-7,10-13H2,1H3,(H,24,27,30). The van der Waals surface area contributed by atoms with E-state index in [2.05, 4.69) is 20.1 Å². The van der Waals surface area contributed by atoms with Gasteiger partial charge in [-0.3, -0.25) is 9.59 Å². The highest BCUT2D eigenvalue weighted by atomic mass is 32.2. The van der Waals surface area contributed by atoms with Crippen LogP contribution in [0, 0.1) is 6.92 Å². The Morgan fingerprint density at radius 2 is 2.06 bits per heavy atom. The number of aromatic nitrogens is 5. The van der Waals surface area contributed by atoms with Gasteiger partial charge in [-0.1, -0.05) is 41.5 Å². The van der Waals surface area contributed by atoms with Gasteiger partial charge in [-0.15, -0.1) is 5.10 Å². The zero-order chi connectivity index (χ0) is 22.8. The SMILES string of the molecule is Cc1cc(NC(=O)CCSc2nc3nn(-c4ccccc4)c(=O)c-3c3n2CCCCC3)no1.